The molecule has 0 bridgehead atoms. The minimum atomic E-state index is 0.862. The molecule has 0 fully saturated rings. The fourth-order valence-corrected chi connectivity index (χ4v) is 2.66. The van der Waals surface area contributed by atoms with Crippen molar-refractivity contribution in [3.05, 3.63) is 45.0 Å². The Kier molecular flexibility index (Phi) is 6.53. The van der Waals surface area contributed by atoms with Gasteiger partial charge in [-0.2, -0.15) is 0 Å². The van der Waals surface area contributed by atoms with Gasteiger partial charge in [0.25, 0.3) is 0 Å². The van der Waals surface area contributed by atoms with Crippen molar-refractivity contribution in [2.45, 2.75) is 33.1 Å². The van der Waals surface area contributed by atoms with Gasteiger partial charge in [-0.3, -0.25) is 0 Å². The van der Waals surface area contributed by atoms with Crippen molar-refractivity contribution in [3.63, 3.8) is 0 Å². The zero-order valence-electron chi connectivity index (χ0n) is 9.77. The summed E-state index contributed by atoms with van der Waals surface area (Å²) in [5, 5.41) is 2.09. The third-order valence-corrected chi connectivity index (χ3v) is 3.83. The highest BCUT2D eigenvalue weighted by Crippen LogP contribution is 2.26. The second kappa shape index (κ2) is 7.71. The number of rotatable bonds is 6. The first-order valence-electron chi connectivity index (χ1n) is 5.51. The van der Waals surface area contributed by atoms with Gasteiger partial charge in [-0.05, 0) is 30.4 Å². The molecule has 16 heavy (non-hydrogen) atoms. The molecule has 88 valence electrons. The second-order valence-corrected chi connectivity index (χ2v) is 5.17. The lowest BCUT2D eigenvalue weighted by atomic mass is 10.1. The third kappa shape index (κ3) is 4.16. The van der Waals surface area contributed by atoms with Crippen LogP contribution in [-0.2, 0) is 6.42 Å². The third-order valence-electron chi connectivity index (χ3n) is 2.33. The fraction of sp³-hybridized carbons (Fsp3) is 0.385. The summed E-state index contributed by atoms with van der Waals surface area (Å²) >= 11 is 2.62. The quantitative estimate of drug-likeness (QED) is 0.561. The van der Waals surface area contributed by atoms with Crippen molar-refractivity contribution in [1.29, 1.82) is 0 Å². The molecule has 3 heteroatoms. The molecule has 1 rings (SSSR count). The van der Waals surface area contributed by atoms with E-state index in [1.165, 1.54) is 10.5 Å². The summed E-state index contributed by atoms with van der Waals surface area (Å²) in [6.45, 7) is 4.17. The molecule has 0 amide bonds. The molecule has 0 aliphatic carbocycles. The lowest BCUT2D eigenvalue weighted by molar-refractivity contribution is 0.669. The summed E-state index contributed by atoms with van der Waals surface area (Å²) in [5.74, 6) is 0. The Morgan fingerprint density at radius 3 is 2.88 bits per heavy atom. The van der Waals surface area contributed by atoms with Crippen LogP contribution >= 0.6 is 23.4 Å². The van der Waals surface area contributed by atoms with Crippen LogP contribution in [-0.4, -0.2) is 4.55 Å². The van der Waals surface area contributed by atoms with E-state index in [-0.39, 0.29) is 0 Å². The molecule has 1 N–H and O–H groups in total. The van der Waals surface area contributed by atoms with Crippen molar-refractivity contribution in [3.8, 4) is 0 Å². The first kappa shape index (κ1) is 13.6. The van der Waals surface area contributed by atoms with Gasteiger partial charge >= 0.3 is 0 Å². The molecule has 0 unspecified atom stereocenters. The molecule has 0 aliphatic heterocycles. The molecule has 1 nitrogen and oxygen atoms in total. The van der Waals surface area contributed by atoms with Crippen LogP contribution in [0.1, 0.15) is 31.6 Å². The monoisotopic (exact) mass is 254 g/mol. The van der Waals surface area contributed by atoms with E-state index in [2.05, 4.69) is 36.6 Å². The molecule has 0 spiro atoms. The molecule has 1 aromatic heterocycles. The van der Waals surface area contributed by atoms with Gasteiger partial charge < -0.3 is 4.55 Å². The van der Waals surface area contributed by atoms with Crippen LogP contribution < -0.4 is 0 Å². The molecular formula is C13H18OS2. The van der Waals surface area contributed by atoms with E-state index >= 15 is 0 Å². The van der Waals surface area contributed by atoms with E-state index in [0.717, 1.165) is 36.2 Å². The summed E-state index contributed by atoms with van der Waals surface area (Å²) in [4.78, 5) is 2.34. The van der Waals surface area contributed by atoms with Gasteiger partial charge in [-0.1, -0.05) is 31.6 Å². The maximum Gasteiger partial charge on any atom is 0.0343 e. The lowest BCUT2D eigenvalue weighted by Gasteiger charge is -2.07. The zero-order chi connectivity index (χ0) is 11.8. The van der Waals surface area contributed by atoms with Gasteiger partial charge in [0.2, 0.25) is 0 Å². The number of allylic oxidation sites excluding steroid dienone is 3. The first-order valence-corrected chi connectivity index (χ1v) is 7.16. The van der Waals surface area contributed by atoms with Crippen molar-refractivity contribution < 1.29 is 4.55 Å². The maximum atomic E-state index is 9.29. The summed E-state index contributed by atoms with van der Waals surface area (Å²) in [5.41, 5.74) is 1.21. The predicted molar refractivity (Wildman–Crippen MR) is 75.0 cm³/mol. The maximum absolute atomic E-state index is 9.29. The highest BCUT2D eigenvalue weighted by Gasteiger charge is 2.06. The van der Waals surface area contributed by atoms with E-state index in [1.807, 2.05) is 6.92 Å². The molecule has 0 atom stereocenters. The van der Waals surface area contributed by atoms with Crippen LogP contribution in [0.25, 0.3) is 0 Å². The Balaban J connectivity index is 2.73. The average Bonchev–Trinajstić information content (AvgIpc) is 2.81. The zero-order valence-corrected chi connectivity index (χ0v) is 11.4. The Bertz CT molecular complexity index is 350. The van der Waals surface area contributed by atoms with E-state index in [1.54, 1.807) is 11.3 Å². The Hall–Kier alpha value is -0.510. The van der Waals surface area contributed by atoms with Gasteiger partial charge in [0.15, 0.2) is 0 Å². The second-order valence-electron chi connectivity index (χ2n) is 3.52. The minimum Gasteiger partial charge on any atom is -0.325 e. The van der Waals surface area contributed by atoms with Crippen LogP contribution in [0.5, 0.6) is 0 Å². The summed E-state index contributed by atoms with van der Waals surface area (Å²) in [7, 11) is 0. The van der Waals surface area contributed by atoms with Crippen LogP contribution in [0.2, 0.25) is 0 Å². The molecule has 0 aromatic carbocycles. The number of hydrogen-bond donors (Lipinski definition) is 1. The first-order chi connectivity index (χ1) is 7.81. The molecule has 0 aliphatic rings. The normalized spacial score (nSPS) is 13.2. The highest BCUT2D eigenvalue weighted by atomic mass is 32.2. The number of hydrogen-bond acceptors (Lipinski definition) is 3. The van der Waals surface area contributed by atoms with Crippen LogP contribution in [0.15, 0.2) is 40.1 Å². The standard InChI is InChI=1S/C13H18OS2/c1-3-5-8-13(16-14)11(4-2)10-12-7-6-9-15-12/h4,6-9,14H,3,5,10H2,1-2H3/b11-4-,13-8+. The van der Waals surface area contributed by atoms with Crippen molar-refractivity contribution in [2.75, 3.05) is 0 Å². The topological polar surface area (TPSA) is 20.2 Å². The molecule has 0 saturated carbocycles. The van der Waals surface area contributed by atoms with Gasteiger partial charge in [0.05, 0.1) is 0 Å². The van der Waals surface area contributed by atoms with E-state index in [4.69, 9.17) is 0 Å². The summed E-state index contributed by atoms with van der Waals surface area (Å²) < 4.78 is 9.29. The molecule has 1 heterocycles. The summed E-state index contributed by atoms with van der Waals surface area (Å²) in [6.07, 6.45) is 7.25. The Morgan fingerprint density at radius 2 is 2.38 bits per heavy atom. The Labute approximate surface area is 106 Å². The largest absolute Gasteiger partial charge is 0.325 e. The number of unbranched alkanes of at least 4 members (excludes halogenated alkanes) is 1. The SMILES string of the molecule is C/C=C(Cc1cccs1)\C(=C/CCC)SO. The van der Waals surface area contributed by atoms with Gasteiger partial charge in [0, 0.05) is 28.2 Å². The van der Waals surface area contributed by atoms with E-state index < -0.39 is 0 Å². The van der Waals surface area contributed by atoms with Crippen LogP contribution in [0, 0.1) is 0 Å². The van der Waals surface area contributed by atoms with Gasteiger partial charge in [-0.15, -0.1) is 11.3 Å². The van der Waals surface area contributed by atoms with Crippen molar-refractivity contribution >= 4 is 23.4 Å². The highest BCUT2D eigenvalue weighted by molar-refractivity contribution is 7.97. The minimum absolute atomic E-state index is 0.862. The van der Waals surface area contributed by atoms with Crippen LogP contribution in [0.4, 0.5) is 0 Å². The fourth-order valence-electron chi connectivity index (χ4n) is 1.43. The van der Waals surface area contributed by atoms with E-state index in [0.29, 0.717) is 0 Å². The van der Waals surface area contributed by atoms with Gasteiger partial charge in [-0.25, -0.2) is 0 Å². The van der Waals surface area contributed by atoms with E-state index in [9.17, 15) is 4.55 Å². The molecule has 1 aromatic rings. The van der Waals surface area contributed by atoms with Crippen molar-refractivity contribution in [1.82, 2.24) is 0 Å². The average molecular weight is 254 g/mol. The van der Waals surface area contributed by atoms with Crippen LogP contribution in [0.3, 0.4) is 0 Å². The predicted octanol–water partition coefficient (Wildman–Crippen LogP) is 5.13. The molecule has 0 radical (unpaired) electrons. The number of thiophene rings is 1. The van der Waals surface area contributed by atoms with Gasteiger partial charge in [0.1, 0.15) is 0 Å². The molecule has 0 saturated heterocycles. The van der Waals surface area contributed by atoms with Crippen molar-refractivity contribution in [2.24, 2.45) is 0 Å². The summed E-state index contributed by atoms with van der Waals surface area (Å²) in [6, 6.07) is 4.20. The Morgan fingerprint density at radius 1 is 1.56 bits per heavy atom. The smallest absolute Gasteiger partial charge is 0.0343 e. The molecular weight excluding hydrogens is 236 g/mol. The lowest BCUT2D eigenvalue weighted by Crippen LogP contribution is -1.90.